The van der Waals surface area contributed by atoms with Crippen molar-refractivity contribution in [2.45, 2.75) is 19.4 Å². The van der Waals surface area contributed by atoms with Gasteiger partial charge in [0.15, 0.2) is 0 Å². The van der Waals surface area contributed by atoms with Gasteiger partial charge < -0.3 is 14.8 Å². The van der Waals surface area contributed by atoms with E-state index in [4.69, 9.17) is 9.47 Å². The summed E-state index contributed by atoms with van der Waals surface area (Å²) in [6.07, 6.45) is 0.249. The smallest absolute Gasteiger partial charge is 0.226 e. The first-order valence-corrected chi connectivity index (χ1v) is 9.86. The largest absolute Gasteiger partial charge is 0.497 e. The number of aromatic nitrogens is 1. The van der Waals surface area contributed by atoms with E-state index in [1.165, 1.54) is 0 Å². The number of thiazole rings is 1. The molecule has 1 atom stereocenters. The van der Waals surface area contributed by atoms with Crippen LogP contribution in [0.5, 0.6) is 11.5 Å². The number of thiophene rings is 1. The molecule has 0 saturated carbocycles. The van der Waals surface area contributed by atoms with Crippen LogP contribution in [0.4, 0.5) is 0 Å². The molecule has 0 aliphatic rings. The molecule has 0 fully saturated rings. The molecule has 3 rings (SSSR count). The van der Waals surface area contributed by atoms with Gasteiger partial charge in [-0.15, -0.1) is 22.7 Å². The van der Waals surface area contributed by atoms with Gasteiger partial charge in [-0.25, -0.2) is 4.98 Å². The van der Waals surface area contributed by atoms with Crippen molar-refractivity contribution < 1.29 is 14.3 Å². The lowest BCUT2D eigenvalue weighted by molar-refractivity contribution is -0.121. The highest BCUT2D eigenvalue weighted by atomic mass is 32.1. The maximum atomic E-state index is 12.4. The van der Waals surface area contributed by atoms with Gasteiger partial charge in [-0.2, -0.15) is 0 Å². The van der Waals surface area contributed by atoms with Crippen molar-refractivity contribution in [2.75, 3.05) is 14.2 Å². The number of nitrogens with zero attached hydrogens (tertiary/aromatic N) is 1. The number of ether oxygens (including phenoxy) is 2. The third-order valence-electron chi connectivity index (χ3n) is 3.91. The lowest BCUT2D eigenvalue weighted by Crippen LogP contribution is -2.28. The molecule has 7 heteroatoms. The van der Waals surface area contributed by atoms with Gasteiger partial charge in [-0.3, -0.25) is 4.79 Å². The summed E-state index contributed by atoms with van der Waals surface area (Å²) in [5.74, 6) is 1.36. The molecular formula is C19H20N2O3S2. The number of rotatable bonds is 7. The number of hydrogen-bond acceptors (Lipinski definition) is 6. The molecule has 3 aromatic rings. The van der Waals surface area contributed by atoms with Crippen molar-refractivity contribution in [1.82, 2.24) is 10.3 Å². The number of benzene rings is 1. The second kappa shape index (κ2) is 8.33. The molecule has 0 radical (unpaired) electrons. The van der Waals surface area contributed by atoms with Crippen LogP contribution in [-0.2, 0) is 11.2 Å². The number of carbonyl (C=O) groups excluding carboxylic acids is 1. The number of nitrogens with one attached hydrogen (secondary N) is 1. The monoisotopic (exact) mass is 388 g/mol. The molecule has 0 spiro atoms. The highest BCUT2D eigenvalue weighted by Crippen LogP contribution is 2.30. The summed E-state index contributed by atoms with van der Waals surface area (Å²) in [4.78, 5) is 18.1. The molecule has 5 nitrogen and oxygen atoms in total. The third-order valence-corrected chi connectivity index (χ3v) is 5.84. The summed E-state index contributed by atoms with van der Waals surface area (Å²) < 4.78 is 10.7. The van der Waals surface area contributed by atoms with E-state index in [1.54, 1.807) is 36.9 Å². The average Bonchev–Trinajstić information content (AvgIpc) is 3.32. The van der Waals surface area contributed by atoms with Crippen molar-refractivity contribution >= 4 is 28.6 Å². The second-order valence-electron chi connectivity index (χ2n) is 5.70. The fourth-order valence-corrected chi connectivity index (χ4v) is 4.25. The number of methoxy groups -OCH3 is 2. The van der Waals surface area contributed by atoms with Crippen molar-refractivity contribution in [3.05, 3.63) is 52.3 Å². The van der Waals surface area contributed by atoms with Gasteiger partial charge in [0.2, 0.25) is 5.91 Å². The Bertz CT molecular complexity index is 875. The Morgan fingerprint density at radius 3 is 2.77 bits per heavy atom. The van der Waals surface area contributed by atoms with Gasteiger partial charge in [0.25, 0.3) is 0 Å². The molecule has 1 N–H and O–H groups in total. The van der Waals surface area contributed by atoms with E-state index >= 15 is 0 Å². The zero-order chi connectivity index (χ0) is 18.5. The van der Waals surface area contributed by atoms with Crippen LogP contribution in [0, 0.1) is 0 Å². The van der Waals surface area contributed by atoms with Crippen LogP contribution in [-0.4, -0.2) is 25.1 Å². The number of amides is 1. The van der Waals surface area contributed by atoms with Crippen molar-refractivity contribution in [1.29, 1.82) is 0 Å². The highest BCUT2D eigenvalue weighted by Gasteiger charge is 2.16. The zero-order valence-corrected chi connectivity index (χ0v) is 16.4. The zero-order valence-electron chi connectivity index (χ0n) is 14.8. The molecule has 0 aliphatic carbocycles. The molecule has 1 aromatic carbocycles. The number of hydrogen-bond donors (Lipinski definition) is 1. The fourth-order valence-electron chi connectivity index (χ4n) is 2.61. The molecule has 0 bridgehead atoms. The predicted octanol–water partition coefficient (Wildman–Crippen LogP) is 4.31. The van der Waals surface area contributed by atoms with Gasteiger partial charge in [-0.1, -0.05) is 6.07 Å². The highest BCUT2D eigenvalue weighted by molar-refractivity contribution is 7.20. The van der Waals surface area contributed by atoms with Crippen molar-refractivity contribution in [3.8, 4) is 21.4 Å². The molecule has 2 heterocycles. The van der Waals surface area contributed by atoms with Crippen LogP contribution in [0.1, 0.15) is 24.2 Å². The second-order valence-corrected chi connectivity index (χ2v) is 7.50. The Balaban J connectivity index is 1.66. The molecule has 136 valence electrons. The van der Waals surface area contributed by atoms with Crippen LogP contribution >= 0.6 is 22.7 Å². The summed E-state index contributed by atoms with van der Waals surface area (Å²) in [5.41, 5.74) is 1.65. The van der Waals surface area contributed by atoms with Gasteiger partial charge in [-0.05, 0) is 36.6 Å². The molecule has 1 amide bonds. The van der Waals surface area contributed by atoms with E-state index in [2.05, 4.69) is 10.3 Å². The minimum Gasteiger partial charge on any atom is -0.497 e. The van der Waals surface area contributed by atoms with E-state index < -0.39 is 0 Å². The Morgan fingerprint density at radius 2 is 2.08 bits per heavy atom. The first kappa shape index (κ1) is 18.4. The summed E-state index contributed by atoms with van der Waals surface area (Å²) in [5, 5.41) is 7.91. The summed E-state index contributed by atoms with van der Waals surface area (Å²) in [6.45, 7) is 1.92. The first-order valence-electron chi connectivity index (χ1n) is 8.10. The summed E-state index contributed by atoms with van der Waals surface area (Å²) in [6, 6.07) is 9.37. The van der Waals surface area contributed by atoms with Crippen LogP contribution in [0.15, 0.2) is 41.1 Å². The Kier molecular flexibility index (Phi) is 5.90. The number of carbonyl (C=O) groups is 1. The molecule has 0 unspecified atom stereocenters. The Hall–Kier alpha value is -2.38. The van der Waals surface area contributed by atoms with Gasteiger partial charge >= 0.3 is 0 Å². The molecular weight excluding hydrogens is 368 g/mol. The maximum Gasteiger partial charge on any atom is 0.226 e. The summed E-state index contributed by atoms with van der Waals surface area (Å²) in [7, 11) is 3.23. The van der Waals surface area contributed by atoms with E-state index in [1.807, 2.05) is 48.0 Å². The van der Waals surface area contributed by atoms with Gasteiger partial charge in [0, 0.05) is 10.9 Å². The van der Waals surface area contributed by atoms with E-state index in [0.29, 0.717) is 5.75 Å². The normalized spacial score (nSPS) is 11.8. The van der Waals surface area contributed by atoms with Crippen molar-refractivity contribution in [3.63, 3.8) is 0 Å². The van der Waals surface area contributed by atoms with Crippen LogP contribution in [0.3, 0.4) is 0 Å². The molecule has 0 saturated heterocycles. The Labute approximate surface area is 160 Å². The fraction of sp³-hybridized carbons (Fsp3) is 0.263. The minimum absolute atomic E-state index is 0.0783. The van der Waals surface area contributed by atoms with Gasteiger partial charge in [0.1, 0.15) is 16.5 Å². The van der Waals surface area contributed by atoms with Crippen LogP contribution in [0.2, 0.25) is 0 Å². The van der Waals surface area contributed by atoms with Crippen LogP contribution < -0.4 is 14.8 Å². The van der Waals surface area contributed by atoms with Gasteiger partial charge in [0.05, 0.1) is 37.3 Å². The predicted molar refractivity (Wildman–Crippen MR) is 105 cm³/mol. The molecule has 0 aliphatic heterocycles. The first-order chi connectivity index (χ1) is 12.6. The lowest BCUT2D eigenvalue weighted by Gasteiger charge is -2.18. The standard InChI is InChI=1S/C19H20N2O3S2/c1-12(15-10-14(23-2)6-7-16(15)24-3)20-18(22)9-13-11-26-19(21-13)17-5-4-8-25-17/h4-8,10-12H,9H2,1-3H3,(H,20,22)/t12-/m0/s1. The molecule has 2 aromatic heterocycles. The Morgan fingerprint density at radius 1 is 1.23 bits per heavy atom. The van der Waals surface area contributed by atoms with Crippen molar-refractivity contribution in [2.24, 2.45) is 0 Å². The van der Waals surface area contributed by atoms with E-state index in [0.717, 1.165) is 26.9 Å². The third kappa shape index (κ3) is 4.23. The average molecular weight is 389 g/mol. The maximum absolute atomic E-state index is 12.4. The van der Waals surface area contributed by atoms with Crippen LogP contribution in [0.25, 0.3) is 9.88 Å². The topological polar surface area (TPSA) is 60.5 Å². The SMILES string of the molecule is COc1ccc(OC)c([C@H](C)NC(=O)Cc2csc(-c3cccs3)n2)c1. The summed E-state index contributed by atoms with van der Waals surface area (Å²) >= 11 is 3.20. The minimum atomic E-state index is -0.206. The quantitative estimate of drug-likeness (QED) is 0.655. The lowest BCUT2D eigenvalue weighted by atomic mass is 10.1. The molecule has 26 heavy (non-hydrogen) atoms. The van der Waals surface area contributed by atoms with E-state index in [9.17, 15) is 4.79 Å². The van der Waals surface area contributed by atoms with E-state index in [-0.39, 0.29) is 18.4 Å².